The zero-order valence-electron chi connectivity index (χ0n) is 9.73. The predicted octanol–water partition coefficient (Wildman–Crippen LogP) is -1.50. The quantitative estimate of drug-likeness (QED) is 0.565. The summed E-state index contributed by atoms with van der Waals surface area (Å²) in [4.78, 5) is 40.8. The van der Waals surface area contributed by atoms with Crippen molar-refractivity contribution in [2.24, 2.45) is 5.92 Å². The van der Waals surface area contributed by atoms with E-state index in [-0.39, 0.29) is 17.6 Å². The Morgan fingerprint density at radius 2 is 2.11 bits per heavy atom. The van der Waals surface area contributed by atoms with E-state index >= 15 is 0 Å². The van der Waals surface area contributed by atoms with Gasteiger partial charge in [-0.05, 0) is 12.3 Å². The summed E-state index contributed by atoms with van der Waals surface area (Å²) in [6.45, 7) is 2.40. The summed E-state index contributed by atoms with van der Waals surface area (Å²) in [5.41, 5.74) is -1.13. The molecule has 1 aromatic rings. The van der Waals surface area contributed by atoms with E-state index in [1.807, 2.05) is 0 Å². The molecule has 2 saturated heterocycles. The Kier molecular flexibility index (Phi) is 2.55. The molecular formula is C11H14N4O3. The molecule has 3 N–H and O–H groups in total. The molecule has 18 heavy (non-hydrogen) atoms. The molecule has 7 heteroatoms. The average molecular weight is 250 g/mol. The Morgan fingerprint density at radius 3 is 2.89 bits per heavy atom. The molecule has 2 aliphatic heterocycles. The molecule has 3 rings (SSSR count). The topological polar surface area (TPSA) is 98.1 Å². The molecule has 2 atom stereocenters. The maximum Gasteiger partial charge on any atom is 0.326 e. The van der Waals surface area contributed by atoms with Crippen molar-refractivity contribution in [3.05, 3.63) is 32.6 Å². The lowest BCUT2D eigenvalue weighted by Gasteiger charge is -2.22. The van der Waals surface area contributed by atoms with Crippen molar-refractivity contribution < 1.29 is 4.79 Å². The molecule has 0 spiro atoms. The predicted molar refractivity (Wildman–Crippen MR) is 63.5 cm³/mol. The van der Waals surface area contributed by atoms with Gasteiger partial charge in [-0.3, -0.25) is 14.6 Å². The zero-order valence-corrected chi connectivity index (χ0v) is 9.73. The van der Waals surface area contributed by atoms with Crippen molar-refractivity contribution in [3.63, 3.8) is 0 Å². The van der Waals surface area contributed by atoms with Gasteiger partial charge in [-0.15, -0.1) is 0 Å². The van der Waals surface area contributed by atoms with Gasteiger partial charge >= 0.3 is 5.69 Å². The van der Waals surface area contributed by atoms with Crippen LogP contribution in [0.5, 0.6) is 0 Å². The summed E-state index contributed by atoms with van der Waals surface area (Å²) in [5, 5.41) is 3.25. The molecule has 2 aliphatic rings. The first kappa shape index (κ1) is 11.2. The minimum Gasteiger partial charge on any atom is -0.333 e. The van der Waals surface area contributed by atoms with Crippen LogP contribution in [0.4, 0.5) is 0 Å². The largest absolute Gasteiger partial charge is 0.333 e. The zero-order chi connectivity index (χ0) is 12.7. The van der Waals surface area contributed by atoms with Crippen molar-refractivity contribution >= 4 is 5.91 Å². The maximum atomic E-state index is 12.3. The standard InChI is InChI=1S/C11H14N4O3/c16-9-3-7(13-11(18)14-9)10(17)15-2-1-6-4-12-5-8(6)15/h3,6,8,12H,1-2,4-5H2,(H2,13,14,16,18)/t6-,8+/m1/s1. The Morgan fingerprint density at radius 1 is 1.28 bits per heavy atom. The van der Waals surface area contributed by atoms with E-state index < -0.39 is 11.2 Å². The Balaban J connectivity index is 1.90. The monoisotopic (exact) mass is 250 g/mol. The summed E-state index contributed by atoms with van der Waals surface area (Å²) in [7, 11) is 0. The lowest BCUT2D eigenvalue weighted by Crippen LogP contribution is -2.40. The summed E-state index contributed by atoms with van der Waals surface area (Å²) < 4.78 is 0. The first-order chi connectivity index (χ1) is 8.65. The molecule has 2 fully saturated rings. The highest BCUT2D eigenvalue weighted by atomic mass is 16.2. The van der Waals surface area contributed by atoms with E-state index in [1.165, 1.54) is 0 Å². The highest BCUT2D eigenvalue weighted by Gasteiger charge is 2.40. The van der Waals surface area contributed by atoms with Crippen molar-refractivity contribution in [3.8, 4) is 0 Å². The number of carbonyl (C=O) groups excluding carboxylic acids is 1. The second-order valence-electron chi connectivity index (χ2n) is 4.77. The molecule has 96 valence electrons. The number of nitrogens with zero attached hydrogens (tertiary/aromatic N) is 1. The van der Waals surface area contributed by atoms with Gasteiger partial charge in [0.1, 0.15) is 5.69 Å². The van der Waals surface area contributed by atoms with Gasteiger partial charge in [-0.25, -0.2) is 4.79 Å². The smallest absolute Gasteiger partial charge is 0.326 e. The molecule has 0 bridgehead atoms. The van der Waals surface area contributed by atoms with E-state index in [2.05, 4.69) is 15.3 Å². The molecule has 3 heterocycles. The number of aromatic nitrogens is 2. The number of amides is 1. The minimum absolute atomic E-state index is 0.0660. The molecule has 7 nitrogen and oxygen atoms in total. The normalized spacial score (nSPS) is 26.3. The van der Waals surface area contributed by atoms with E-state index in [4.69, 9.17) is 0 Å². The number of hydrogen-bond acceptors (Lipinski definition) is 4. The summed E-state index contributed by atoms with van der Waals surface area (Å²) >= 11 is 0. The van der Waals surface area contributed by atoms with E-state index in [1.54, 1.807) is 4.90 Å². The second kappa shape index (κ2) is 4.09. The summed E-state index contributed by atoms with van der Waals surface area (Å²) in [6, 6.07) is 1.32. The third-order valence-electron chi connectivity index (χ3n) is 3.70. The first-order valence-electron chi connectivity index (χ1n) is 6.00. The number of rotatable bonds is 1. The molecule has 1 amide bonds. The van der Waals surface area contributed by atoms with Crippen LogP contribution in [0, 0.1) is 5.92 Å². The van der Waals surface area contributed by atoms with E-state index in [0.717, 1.165) is 25.6 Å². The van der Waals surface area contributed by atoms with Crippen LogP contribution < -0.4 is 16.6 Å². The van der Waals surface area contributed by atoms with Crippen LogP contribution in [-0.4, -0.2) is 46.5 Å². The molecule has 0 radical (unpaired) electrons. The highest BCUT2D eigenvalue weighted by molar-refractivity contribution is 5.92. The van der Waals surface area contributed by atoms with Gasteiger partial charge in [0.15, 0.2) is 0 Å². The third kappa shape index (κ3) is 1.76. The van der Waals surface area contributed by atoms with Gasteiger partial charge in [-0.1, -0.05) is 0 Å². The van der Waals surface area contributed by atoms with E-state index in [0.29, 0.717) is 12.5 Å². The van der Waals surface area contributed by atoms with Gasteiger partial charge in [-0.2, -0.15) is 0 Å². The van der Waals surface area contributed by atoms with Gasteiger partial charge in [0.2, 0.25) is 0 Å². The SMILES string of the molecule is O=C(c1cc(=O)[nH]c(=O)[nH]1)N1CC[C@@H]2CNC[C@@H]21. The number of nitrogens with one attached hydrogen (secondary N) is 3. The Labute approximate surface area is 102 Å². The lowest BCUT2D eigenvalue weighted by molar-refractivity contribution is 0.0730. The van der Waals surface area contributed by atoms with Crippen molar-refractivity contribution in [1.29, 1.82) is 0 Å². The number of carbonyl (C=O) groups is 1. The fraction of sp³-hybridized carbons (Fsp3) is 0.545. The minimum atomic E-state index is -0.647. The Bertz CT molecular complexity index is 562. The molecule has 0 unspecified atom stereocenters. The first-order valence-corrected chi connectivity index (χ1v) is 6.00. The van der Waals surface area contributed by atoms with Gasteiger partial charge in [0.05, 0.1) is 0 Å². The van der Waals surface area contributed by atoms with E-state index in [9.17, 15) is 14.4 Å². The average Bonchev–Trinajstić information content (AvgIpc) is 2.88. The van der Waals surface area contributed by atoms with Gasteiger partial charge in [0, 0.05) is 31.7 Å². The Hall–Kier alpha value is -1.89. The number of likely N-dealkylation sites (tertiary alicyclic amines) is 1. The molecular weight excluding hydrogens is 236 g/mol. The van der Waals surface area contributed by atoms with Crippen LogP contribution in [-0.2, 0) is 0 Å². The van der Waals surface area contributed by atoms with Gasteiger partial charge < -0.3 is 15.2 Å². The fourth-order valence-electron chi connectivity index (χ4n) is 2.84. The van der Waals surface area contributed by atoms with Crippen LogP contribution in [0.1, 0.15) is 16.9 Å². The third-order valence-corrected chi connectivity index (χ3v) is 3.70. The van der Waals surface area contributed by atoms with Crippen LogP contribution in [0.2, 0.25) is 0 Å². The van der Waals surface area contributed by atoms with Crippen LogP contribution in [0.25, 0.3) is 0 Å². The molecule has 0 aromatic carbocycles. The number of H-pyrrole nitrogens is 2. The molecule has 0 saturated carbocycles. The van der Waals surface area contributed by atoms with Crippen molar-refractivity contribution in [1.82, 2.24) is 20.2 Å². The van der Waals surface area contributed by atoms with Gasteiger partial charge in [0.25, 0.3) is 11.5 Å². The van der Waals surface area contributed by atoms with Crippen molar-refractivity contribution in [2.75, 3.05) is 19.6 Å². The number of fused-ring (bicyclic) bond motifs is 1. The maximum absolute atomic E-state index is 12.3. The van der Waals surface area contributed by atoms with Crippen LogP contribution >= 0.6 is 0 Å². The fourth-order valence-corrected chi connectivity index (χ4v) is 2.84. The molecule has 1 aromatic heterocycles. The van der Waals surface area contributed by atoms with Crippen LogP contribution in [0.3, 0.4) is 0 Å². The molecule has 0 aliphatic carbocycles. The highest BCUT2D eigenvalue weighted by Crippen LogP contribution is 2.27. The number of hydrogen-bond donors (Lipinski definition) is 3. The summed E-state index contributed by atoms with van der Waals surface area (Å²) in [6.07, 6.45) is 0.969. The van der Waals surface area contributed by atoms with Crippen LogP contribution in [0.15, 0.2) is 15.7 Å². The summed E-state index contributed by atoms with van der Waals surface area (Å²) in [5.74, 6) is 0.220. The second-order valence-corrected chi connectivity index (χ2v) is 4.77. The van der Waals surface area contributed by atoms with Crippen molar-refractivity contribution in [2.45, 2.75) is 12.5 Å². The number of aromatic amines is 2. The lowest BCUT2D eigenvalue weighted by atomic mass is 10.1.